The van der Waals surface area contributed by atoms with Crippen molar-refractivity contribution in [3.8, 4) is 0 Å². The summed E-state index contributed by atoms with van der Waals surface area (Å²) >= 11 is 0. The monoisotopic (exact) mass is 549 g/mol. The van der Waals surface area contributed by atoms with Gasteiger partial charge >= 0.3 is 21.7 Å². The summed E-state index contributed by atoms with van der Waals surface area (Å²) in [5.74, 6) is -0.613. The molecule has 2 radical (unpaired) electrons. The van der Waals surface area contributed by atoms with Gasteiger partial charge in [-0.1, -0.05) is 101 Å². The maximum Gasteiger partial charge on any atom is 4.00 e. The zero-order valence-electron chi connectivity index (χ0n) is 19.3. The molecule has 0 aliphatic heterocycles. The Kier molecular flexibility index (Phi) is 16.6. The Morgan fingerprint density at radius 3 is 1.66 bits per heavy atom. The molecule has 0 bridgehead atoms. The van der Waals surface area contributed by atoms with Crippen molar-refractivity contribution < 1.29 is 51.3 Å². The van der Waals surface area contributed by atoms with Crippen LogP contribution in [-0.2, 0) is 21.7 Å². The number of aryl methyl sites for hydroxylation is 1. The number of benzene rings is 4. The van der Waals surface area contributed by atoms with Crippen LogP contribution in [0.15, 0.2) is 127 Å². The Bertz CT molecular complexity index is 1180. The molecule has 0 unspecified atom stereocenters. The molecule has 35 heavy (non-hydrogen) atoms. The smallest absolute Gasteiger partial charge is 1.00 e. The van der Waals surface area contributed by atoms with Gasteiger partial charge in [0.1, 0.15) is 9.52 Å². The Hall–Kier alpha value is -2.53. The largest absolute Gasteiger partial charge is 4.00 e. The van der Waals surface area contributed by atoms with Gasteiger partial charge in [-0.05, 0) is 12.5 Å². The van der Waals surface area contributed by atoms with E-state index < -0.39 is 5.91 Å². The molecule has 0 fully saturated rings. The van der Waals surface area contributed by atoms with Gasteiger partial charge < -0.3 is 35.3 Å². The van der Waals surface area contributed by atoms with E-state index in [9.17, 15) is 4.79 Å². The number of rotatable bonds is 3. The number of carbonyl (C=O) groups excluding carboxylic acids is 1. The molecule has 5 rings (SSSR count). The summed E-state index contributed by atoms with van der Waals surface area (Å²) in [6.45, 7) is 1.82. The van der Waals surface area contributed by atoms with Crippen LogP contribution in [0.1, 0.15) is 15.9 Å². The first-order valence-corrected chi connectivity index (χ1v) is 11.4. The van der Waals surface area contributed by atoms with Crippen molar-refractivity contribution in [3.05, 3.63) is 144 Å². The van der Waals surface area contributed by atoms with Crippen LogP contribution >= 0.6 is 0 Å². The van der Waals surface area contributed by atoms with Crippen molar-refractivity contribution in [2.75, 3.05) is 0 Å². The number of nitrogens with one attached hydrogen (secondary N) is 1. The molecule has 2 nitrogen and oxygen atoms in total. The molecule has 1 N–H and O–H groups in total. The van der Waals surface area contributed by atoms with Gasteiger partial charge in [-0.2, -0.15) is 17.5 Å². The van der Waals surface area contributed by atoms with Crippen molar-refractivity contribution >= 4 is 36.6 Å². The molecule has 0 aliphatic rings. The molecular formula is C29H25Cl2NOSiTi. The number of amides is 1. The first-order valence-electron chi connectivity index (χ1n) is 10.4. The van der Waals surface area contributed by atoms with E-state index >= 15 is 0 Å². The van der Waals surface area contributed by atoms with Crippen LogP contribution in [0.3, 0.4) is 0 Å². The molecule has 5 aromatic rings. The van der Waals surface area contributed by atoms with Gasteiger partial charge in [0.15, 0.2) is 0 Å². The van der Waals surface area contributed by atoms with E-state index in [2.05, 4.69) is 103 Å². The number of hydrogen-bond acceptors (Lipinski definition) is 1. The summed E-state index contributed by atoms with van der Waals surface area (Å²) < 4.78 is 0. The van der Waals surface area contributed by atoms with E-state index in [0.29, 0.717) is 5.56 Å². The maximum atomic E-state index is 10.5. The van der Waals surface area contributed by atoms with Gasteiger partial charge in [-0.15, -0.1) is 29.7 Å². The maximum absolute atomic E-state index is 10.5. The number of hydrogen-bond donors (Lipinski definition) is 0. The van der Waals surface area contributed by atoms with Gasteiger partial charge in [0.25, 0.3) is 0 Å². The van der Waals surface area contributed by atoms with Crippen molar-refractivity contribution in [3.63, 3.8) is 0 Å². The third-order valence-corrected chi connectivity index (χ3v) is 6.02. The van der Waals surface area contributed by atoms with Gasteiger partial charge in [-0.25, -0.2) is 0 Å². The summed E-state index contributed by atoms with van der Waals surface area (Å²) in [4.78, 5) is 10.5. The van der Waals surface area contributed by atoms with Gasteiger partial charge in [0.05, 0.1) is 5.91 Å². The summed E-state index contributed by atoms with van der Waals surface area (Å²) in [6, 6.07) is 42.9. The second-order valence-corrected chi connectivity index (χ2v) is 8.56. The van der Waals surface area contributed by atoms with E-state index in [4.69, 9.17) is 5.73 Å². The first-order chi connectivity index (χ1) is 15.6. The minimum atomic E-state index is -0.613. The van der Waals surface area contributed by atoms with Crippen LogP contribution < -0.4 is 35.2 Å². The fraction of sp³-hybridized carbons (Fsp3) is 0.0345. The molecule has 5 aromatic carbocycles. The predicted octanol–water partition coefficient (Wildman–Crippen LogP) is 0.0932. The topological polar surface area (TPSA) is 40.9 Å². The zero-order chi connectivity index (χ0) is 22.6. The SMILES string of the molecule is Cc1ccccc1C([NH-])=O.[Cl-].[Cl-].[Ti+4].c1ccc([Si]c2ccccc2)cc1.c1ccc2[cH-]ccc2c1. The minimum Gasteiger partial charge on any atom is -1.00 e. The Morgan fingerprint density at radius 2 is 1.17 bits per heavy atom. The molecule has 0 heterocycles. The second-order valence-electron chi connectivity index (χ2n) is 7.16. The molecule has 0 saturated heterocycles. The summed E-state index contributed by atoms with van der Waals surface area (Å²) in [7, 11) is 0.777. The number of halogens is 2. The average molecular weight is 550 g/mol. The van der Waals surface area contributed by atoms with E-state index in [-0.39, 0.29) is 46.5 Å². The number of fused-ring (bicyclic) bond motifs is 1. The Labute approximate surface area is 237 Å². The quantitative estimate of drug-likeness (QED) is 0.232. The third kappa shape index (κ3) is 11.2. The van der Waals surface area contributed by atoms with Crippen LogP contribution in [0.5, 0.6) is 0 Å². The molecular weight excluding hydrogens is 525 g/mol. The third-order valence-electron chi connectivity index (χ3n) is 4.77. The molecule has 0 atom stereocenters. The van der Waals surface area contributed by atoms with Gasteiger partial charge in [0.2, 0.25) is 0 Å². The van der Waals surface area contributed by atoms with E-state index in [0.717, 1.165) is 15.1 Å². The van der Waals surface area contributed by atoms with Crippen LogP contribution in [0.4, 0.5) is 0 Å². The standard InChI is InChI=1S/C12H10Si.C9H7.C8H9NO.2ClH.Ti/c1-3-7-11(8-4-1)13-12-9-5-2-6-10-12;1-2-5-9-7-3-6-8(9)4-1;1-6-4-2-3-5-7(6)8(9)10;;;/h1-10H;1-7H;2-5H,1H3,(H2,9,10);2*1H;/q;-1;;;;+4/p-3. The first kappa shape index (κ1) is 32.5. The van der Waals surface area contributed by atoms with Crippen molar-refractivity contribution in [2.45, 2.75) is 6.92 Å². The molecule has 0 aromatic heterocycles. The van der Waals surface area contributed by atoms with Gasteiger partial charge in [0, 0.05) is 5.56 Å². The van der Waals surface area contributed by atoms with Crippen molar-refractivity contribution in [1.29, 1.82) is 0 Å². The predicted molar refractivity (Wildman–Crippen MR) is 137 cm³/mol. The zero-order valence-corrected chi connectivity index (χ0v) is 23.4. The average Bonchev–Trinajstić information content (AvgIpc) is 3.30. The molecule has 0 saturated carbocycles. The van der Waals surface area contributed by atoms with E-state index in [1.54, 1.807) is 12.1 Å². The van der Waals surface area contributed by atoms with Crippen molar-refractivity contribution in [2.24, 2.45) is 0 Å². The molecule has 174 valence electrons. The van der Waals surface area contributed by atoms with Crippen molar-refractivity contribution in [1.82, 2.24) is 0 Å². The van der Waals surface area contributed by atoms with Gasteiger partial charge in [-0.3, -0.25) is 0 Å². The van der Waals surface area contributed by atoms with E-state index in [1.165, 1.54) is 21.1 Å². The summed E-state index contributed by atoms with van der Waals surface area (Å²) in [5, 5.41) is 5.46. The molecule has 1 amide bonds. The van der Waals surface area contributed by atoms with Crippen LogP contribution in [0, 0.1) is 6.92 Å². The molecule has 6 heteroatoms. The fourth-order valence-electron chi connectivity index (χ4n) is 3.11. The minimum absolute atomic E-state index is 0. The Balaban J connectivity index is 0.000000483. The number of carbonyl (C=O) groups is 1. The van der Waals surface area contributed by atoms with Crippen LogP contribution in [0.25, 0.3) is 16.5 Å². The molecule has 0 spiro atoms. The fourth-order valence-corrected chi connectivity index (χ4v) is 4.16. The normalized spacial score (nSPS) is 8.94. The van der Waals surface area contributed by atoms with E-state index in [1.807, 2.05) is 19.1 Å². The Morgan fingerprint density at radius 1 is 0.686 bits per heavy atom. The van der Waals surface area contributed by atoms with Crippen LogP contribution in [0.2, 0.25) is 0 Å². The second kappa shape index (κ2) is 17.8. The summed E-state index contributed by atoms with van der Waals surface area (Å²) in [6.07, 6.45) is 0. The van der Waals surface area contributed by atoms with Crippen LogP contribution in [-0.4, -0.2) is 15.4 Å². The molecule has 0 aliphatic carbocycles. The summed E-state index contributed by atoms with van der Waals surface area (Å²) in [5.41, 5.74) is 8.17.